The van der Waals surface area contributed by atoms with E-state index < -0.39 is 0 Å². The minimum Gasteiger partial charge on any atom is -0.492 e. The topological polar surface area (TPSA) is 62.3 Å². The van der Waals surface area contributed by atoms with Gasteiger partial charge in [-0.3, -0.25) is 0 Å². The third kappa shape index (κ3) is 5.75. The molecule has 1 aromatic heterocycles. The molecule has 0 atom stereocenters. The number of aromatic nitrogens is 2. The van der Waals surface area contributed by atoms with E-state index in [0.717, 1.165) is 42.6 Å². The molecule has 0 saturated heterocycles. The van der Waals surface area contributed by atoms with Crippen LogP contribution in [0.25, 0.3) is 0 Å². The predicted molar refractivity (Wildman–Crippen MR) is 94.6 cm³/mol. The fourth-order valence-electron chi connectivity index (χ4n) is 2.12. The lowest BCUT2D eigenvalue weighted by atomic mass is 10.3. The number of ether oxygens (including phenoxy) is 1. The van der Waals surface area contributed by atoms with Gasteiger partial charge in [-0.25, -0.2) is 9.97 Å². The van der Waals surface area contributed by atoms with Crippen LogP contribution in [0.2, 0.25) is 0 Å². The zero-order chi connectivity index (χ0) is 16.5. The minimum atomic E-state index is 0.626. The zero-order valence-electron chi connectivity index (χ0n) is 14.0. The summed E-state index contributed by atoms with van der Waals surface area (Å²) in [6, 6.07) is 9.73. The molecule has 0 fully saturated rings. The van der Waals surface area contributed by atoms with E-state index in [4.69, 9.17) is 4.74 Å². The largest absolute Gasteiger partial charge is 0.492 e. The van der Waals surface area contributed by atoms with Crippen molar-refractivity contribution in [3.05, 3.63) is 36.7 Å². The van der Waals surface area contributed by atoms with E-state index in [-0.39, 0.29) is 0 Å². The van der Waals surface area contributed by atoms with E-state index in [1.165, 1.54) is 0 Å². The monoisotopic (exact) mass is 315 g/mol. The molecule has 6 nitrogen and oxygen atoms in total. The van der Waals surface area contributed by atoms with Crippen molar-refractivity contribution in [2.45, 2.75) is 13.3 Å². The highest BCUT2D eigenvalue weighted by Crippen LogP contribution is 2.26. The summed E-state index contributed by atoms with van der Waals surface area (Å²) in [6.07, 6.45) is 2.62. The van der Waals surface area contributed by atoms with Gasteiger partial charge in [0.1, 0.15) is 23.7 Å². The summed E-state index contributed by atoms with van der Waals surface area (Å²) in [4.78, 5) is 10.7. The summed E-state index contributed by atoms with van der Waals surface area (Å²) in [7, 11) is 4.14. The van der Waals surface area contributed by atoms with Crippen LogP contribution < -0.4 is 15.4 Å². The van der Waals surface area contributed by atoms with Gasteiger partial charge in [-0.1, -0.05) is 12.1 Å². The second-order valence-electron chi connectivity index (χ2n) is 5.43. The molecule has 0 radical (unpaired) electrons. The first kappa shape index (κ1) is 17.0. The SMILES string of the molecule is CCOc1ccccc1Nc1cc(NCCCN(C)C)ncn1. The van der Waals surface area contributed by atoms with E-state index in [1.54, 1.807) is 6.33 Å². The second-order valence-corrected chi connectivity index (χ2v) is 5.43. The third-order valence-electron chi connectivity index (χ3n) is 3.20. The maximum Gasteiger partial charge on any atom is 0.142 e. The first-order chi connectivity index (χ1) is 11.2. The Morgan fingerprint density at radius 2 is 1.91 bits per heavy atom. The highest BCUT2D eigenvalue weighted by Gasteiger charge is 2.04. The Morgan fingerprint density at radius 3 is 2.70 bits per heavy atom. The molecule has 0 aliphatic rings. The number of para-hydroxylation sites is 2. The molecule has 2 aromatic rings. The van der Waals surface area contributed by atoms with Crippen molar-refractivity contribution in [2.24, 2.45) is 0 Å². The molecule has 0 unspecified atom stereocenters. The molecule has 23 heavy (non-hydrogen) atoms. The summed E-state index contributed by atoms with van der Waals surface area (Å²) in [5.41, 5.74) is 0.895. The number of hydrogen-bond donors (Lipinski definition) is 2. The highest BCUT2D eigenvalue weighted by atomic mass is 16.5. The lowest BCUT2D eigenvalue weighted by Gasteiger charge is -2.13. The molecular weight excluding hydrogens is 290 g/mol. The van der Waals surface area contributed by atoms with Gasteiger partial charge < -0.3 is 20.3 Å². The minimum absolute atomic E-state index is 0.626. The number of hydrogen-bond acceptors (Lipinski definition) is 6. The van der Waals surface area contributed by atoms with E-state index in [2.05, 4.69) is 39.6 Å². The summed E-state index contributed by atoms with van der Waals surface area (Å²) >= 11 is 0. The van der Waals surface area contributed by atoms with Gasteiger partial charge in [-0.15, -0.1) is 0 Å². The summed E-state index contributed by atoms with van der Waals surface area (Å²) < 4.78 is 5.62. The molecule has 2 rings (SSSR count). The molecule has 1 heterocycles. The van der Waals surface area contributed by atoms with Crippen molar-refractivity contribution < 1.29 is 4.74 Å². The normalized spacial score (nSPS) is 10.6. The van der Waals surface area contributed by atoms with Gasteiger partial charge in [-0.2, -0.15) is 0 Å². The van der Waals surface area contributed by atoms with Crippen LogP contribution in [-0.2, 0) is 0 Å². The van der Waals surface area contributed by atoms with Crippen LogP contribution in [0, 0.1) is 0 Å². The van der Waals surface area contributed by atoms with Gasteiger partial charge in [0.05, 0.1) is 12.3 Å². The Hall–Kier alpha value is -2.34. The molecule has 0 bridgehead atoms. The number of anilines is 3. The first-order valence-corrected chi connectivity index (χ1v) is 7.88. The van der Waals surface area contributed by atoms with Crippen LogP contribution in [0.4, 0.5) is 17.3 Å². The highest BCUT2D eigenvalue weighted by molar-refractivity contribution is 5.65. The standard InChI is InChI=1S/C17H25N5O/c1-4-23-15-9-6-5-8-14(15)21-17-12-16(19-13-20-17)18-10-7-11-22(2)3/h5-6,8-9,12-13H,4,7,10-11H2,1-3H3,(H2,18,19,20,21). The number of nitrogens with zero attached hydrogens (tertiary/aromatic N) is 3. The van der Waals surface area contributed by atoms with Gasteiger partial charge in [0.2, 0.25) is 0 Å². The number of nitrogens with one attached hydrogen (secondary N) is 2. The fourth-order valence-corrected chi connectivity index (χ4v) is 2.12. The molecule has 2 N–H and O–H groups in total. The lowest BCUT2D eigenvalue weighted by Crippen LogP contribution is -2.16. The Kier molecular flexibility index (Phi) is 6.62. The molecular formula is C17H25N5O. The first-order valence-electron chi connectivity index (χ1n) is 7.88. The second kappa shape index (κ2) is 8.95. The van der Waals surface area contributed by atoms with Crippen LogP contribution in [0.3, 0.4) is 0 Å². The molecule has 0 saturated carbocycles. The van der Waals surface area contributed by atoms with E-state index in [1.807, 2.05) is 37.3 Å². The maximum atomic E-state index is 5.62. The van der Waals surface area contributed by atoms with Crippen LogP contribution in [0.15, 0.2) is 36.7 Å². The Balaban J connectivity index is 1.97. The average molecular weight is 315 g/mol. The van der Waals surface area contributed by atoms with Crippen LogP contribution in [-0.4, -0.2) is 48.7 Å². The van der Waals surface area contributed by atoms with Crippen molar-refractivity contribution in [3.63, 3.8) is 0 Å². The Labute approximate surface area is 137 Å². The van der Waals surface area contributed by atoms with Crippen molar-refractivity contribution in [3.8, 4) is 5.75 Å². The molecule has 0 aliphatic carbocycles. The van der Waals surface area contributed by atoms with Gasteiger partial charge in [0, 0.05) is 12.6 Å². The summed E-state index contributed by atoms with van der Waals surface area (Å²) in [5.74, 6) is 2.37. The maximum absolute atomic E-state index is 5.62. The molecule has 1 aromatic carbocycles. The molecule has 0 spiro atoms. The lowest BCUT2D eigenvalue weighted by molar-refractivity contribution is 0.342. The number of rotatable bonds is 9. The van der Waals surface area contributed by atoms with Crippen molar-refractivity contribution >= 4 is 17.3 Å². The van der Waals surface area contributed by atoms with Gasteiger partial charge >= 0.3 is 0 Å². The zero-order valence-corrected chi connectivity index (χ0v) is 14.0. The Morgan fingerprint density at radius 1 is 1.13 bits per heavy atom. The Bertz CT molecular complexity index is 603. The molecule has 124 valence electrons. The number of benzene rings is 1. The molecule has 0 aliphatic heterocycles. The third-order valence-corrected chi connectivity index (χ3v) is 3.20. The fraction of sp³-hybridized carbons (Fsp3) is 0.412. The van der Waals surface area contributed by atoms with Crippen LogP contribution in [0.1, 0.15) is 13.3 Å². The van der Waals surface area contributed by atoms with Crippen molar-refractivity contribution in [2.75, 3.05) is 44.4 Å². The van der Waals surface area contributed by atoms with Crippen molar-refractivity contribution in [1.29, 1.82) is 0 Å². The van der Waals surface area contributed by atoms with Gasteiger partial charge in [-0.05, 0) is 46.1 Å². The van der Waals surface area contributed by atoms with E-state index in [0.29, 0.717) is 6.61 Å². The van der Waals surface area contributed by atoms with Crippen LogP contribution in [0.5, 0.6) is 5.75 Å². The summed E-state index contributed by atoms with van der Waals surface area (Å²) in [5, 5.41) is 6.60. The van der Waals surface area contributed by atoms with Crippen molar-refractivity contribution in [1.82, 2.24) is 14.9 Å². The van der Waals surface area contributed by atoms with E-state index in [9.17, 15) is 0 Å². The molecule has 0 amide bonds. The molecule has 6 heteroatoms. The smallest absolute Gasteiger partial charge is 0.142 e. The predicted octanol–water partition coefficient (Wildman–Crippen LogP) is 2.98. The van der Waals surface area contributed by atoms with E-state index >= 15 is 0 Å². The van der Waals surface area contributed by atoms with Gasteiger partial charge in [0.25, 0.3) is 0 Å². The quantitative estimate of drug-likeness (QED) is 0.694. The average Bonchev–Trinajstić information content (AvgIpc) is 2.54. The van der Waals surface area contributed by atoms with Gasteiger partial charge in [0.15, 0.2) is 0 Å². The van der Waals surface area contributed by atoms with Crippen LogP contribution >= 0.6 is 0 Å². The summed E-state index contributed by atoms with van der Waals surface area (Å²) in [6.45, 7) is 4.52.